The van der Waals surface area contributed by atoms with Crippen molar-refractivity contribution in [1.82, 2.24) is 0 Å². The summed E-state index contributed by atoms with van der Waals surface area (Å²) in [5, 5.41) is 0. The van der Waals surface area contributed by atoms with Gasteiger partial charge in [0.1, 0.15) is 0 Å². The minimum Gasteiger partial charge on any atom is -0.289 e. The zero-order chi connectivity index (χ0) is 11.0. The van der Waals surface area contributed by atoms with E-state index in [4.69, 9.17) is 0 Å². The lowest BCUT2D eigenvalue weighted by Gasteiger charge is -1.96. The van der Waals surface area contributed by atoms with Gasteiger partial charge in [-0.1, -0.05) is 23.8 Å². The molecule has 0 unspecified atom stereocenters. The molecule has 0 heterocycles. The molecule has 0 aromatic rings. The number of rotatable bonds is 5. The third kappa shape index (κ3) is 7.33. The number of hydrogen-bond donors (Lipinski definition) is 0. The van der Waals surface area contributed by atoms with Gasteiger partial charge in [0.05, 0.1) is 0 Å². The predicted molar refractivity (Wildman–Crippen MR) is 61.1 cm³/mol. The monoisotopic (exact) mass is 190 g/mol. The molecule has 76 valence electrons. The summed E-state index contributed by atoms with van der Waals surface area (Å²) in [7, 11) is 0. The summed E-state index contributed by atoms with van der Waals surface area (Å²) in [6, 6.07) is 0. The van der Waals surface area contributed by atoms with Crippen molar-refractivity contribution < 1.29 is 4.79 Å². The van der Waals surface area contributed by atoms with Gasteiger partial charge in [0.25, 0.3) is 0 Å². The van der Waals surface area contributed by atoms with Crippen LogP contribution in [-0.2, 0) is 4.79 Å². The SMILES string of the molecule is C=C=CC(=O)/C=C(\C)CCC=C(C)C. The first-order valence-corrected chi connectivity index (χ1v) is 4.76. The maximum atomic E-state index is 11.1. The van der Waals surface area contributed by atoms with Crippen LogP contribution >= 0.6 is 0 Å². The lowest BCUT2D eigenvalue weighted by Crippen LogP contribution is -1.87. The highest BCUT2D eigenvalue weighted by molar-refractivity contribution is 5.99. The molecule has 0 spiro atoms. The van der Waals surface area contributed by atoms with Gasteiger partial charge in [0, 0.05) is 6.08 Å². The zero-order valence-corrected chi connectivity index (χ0v) is 9.26. The molecule has 0 fully saturated rings. The Morgan fingerprint density at radius 3 is 2.50 bits per heavy atom. The molecule has 0 aromatic carbocycles. The lowest BCUT2D eigenvalue weighted by atomic mass is 10.1. The van der Waals surface area contributed by atoms with Gasteiger partial charge >= 0.3 is 0 Å². The molecule has 0 radical (unpaired) electrons. The Balaban J connectivity index is 4.07. The van der Waals surface area contributed by atoms with Crippen molar-refractivity contribution in [1.29, 1.82) is 0 Å². The van der Waals surface area contributed by atoms with E-state index in [-0.39, 0.29) is 5.78 Å². The van der Waals surface area contributed by atoms with Crippen molar-refractivity contribution >= 4 is 5.78 Å². The van der Waals surface area contributed by atoms with E-state index in [1.165, 1.54) is 11.6 Å². The second-order valence-corrected chi connectivity index (χ2v) is 3.56. The first-order chi connectivity index (χ1) is 6.56. The smallest absolute Gasteiger partial charge is 0.186 e. The number of allylic oxidation sites excluding steroid dienone is 5. The van der Waals surface area contributed by atoms with Crippen molar-refractivity contribution in [2.45, 2.75) is 33.6 Å². The minimum atomic E-state index is -0.0327. The fraction of sp³-hybridized carbons (Fsp3) is 0.385. The van der Waals surface area contributed by atoms with E-state index in [0.29, 0.717) is 0 Å². The van der Waals surface area contributed by atoms with Crippen molar-refractivity contribution in [2.75, 3.05) is 0 Å². The number of carbonyl (C=O) groups is 1. The number of hydrogen-bond acceptors (Lipinski definition) is 1. The standard InChI is InChI=1S/C13H18O/c1-5-7-13(14)10-12(4)9-6-8-11(2)3/h7-8,10H,1,6,9H2,2-4H3/b12-10+. The second-order valence-electron chi connectivity index (χ2n) is 3.56. The average molecular weight is 190 g/mol. The third-order valence-corrected chi connectivity index (χ3v) is 1.72. The van der Waals surface area contributed by atoms with Crippen molar-refractivity contribution in [2.24, 2.45) is 0 Å². The van der Waals surface area contributed by atoms with Crippen LogP contribution < -0.4 is 0 Å². The first-order valence-electron chi connectivity index (χ1n) is 4.76. The molecular weight excluding hydrogens is 172 g/mol. The molecule has 0 saturated heterocycles. The fourth-order valence-electron chi connectivity index (χ4n) is 1.05. The maximum Gasteiger partial charge on any atom is 0.186 e. The van der Waals surface area contributed by atoms with Crippen LogP contribution in [0.15, 0.2) is 41.7 Å². The van der Waals surface area contributed by atoms with Crippen LogP contribution in [0.1, 0.15) is 33.6 Å². The summed E-state index contributed by atoms with van der Waals surface area (Å²) in [5.41, 5.74) is 4.88. The van der Waals surface area contributed by atoms with Crippen molar-refractivity contribution in [3.8, 4) is 0 Å². The van der Waals surface area contributed by atoms with Crippen LogP contribution in [-0.4, -0.2) is 5.78 Å². The third-order valence-electron chi connectivity index (χ3n) is 1.72. The molecule has 0 rings (SSSR count). The van der Waals surface area contributed by atoms with E-state index >= 15 is 0 Å². The van der Waals surface area contributed by atoms with Gasteiger partial charge < -0.3 is 0 Å². The summed E-state index contributed by atoms with van der Waals surface area (Å²) in [6.07, 6.45) is 7.09. The average Bonchev–Trinajstić information content (AvgIpc) is 2.03. The predicted octanol–water partition coefficient (Wildman–Crippen LogP) is 3.59. The fourth-order valence-corrected chi connectivity index (χ4v) is 1.05. The summed E-state index contributed by atoms with van der Waals surface area (Å²) >= 11 is 0. The van der Waals surface area contributed by atoms with E-state index in [2.05, 4.69) is 32.2 Å². The molecule has 0 bridgehead atoms. The quantitative estimate of drug-likeness (QED) is 0.368. The Hall–Kier alpha value is -1.33. The minimum absolute atomic E-state index is 0.0327. The number of carbonyl (C=O) groups excluding carboxylic acids is 1. The topological polar surface area (TPSA) is 17.1 Å². The molecule has 1 nitrogen and oxygen atoms in total. The highest BCUT2D eigenvalue weighted by Gasteiger charge is 1.93. The largest absolute Gasteiger partial charge is 0.289 e. The van der Waals surface area contributed by atoms with E-state index in [1.807, 2.05) is 6.92 Å². The molecule has 0 aliphatic rings. The van der Waals surface area contributed by atoms with E-state index in [9.17, 15) is 4.79 Å². The second kappa shape index (κ2) is 7.11. The summed E-state index contributed by atoms with van der Waals surface area (Å²) in [4.78, 5) is 11.1. The van der Waals surface area contributed by atoms with Gasteiger partial charge in [0.15, 0.2) is 5.78 Å². The van der Waals surface area contributed by atoms with Crippen molar-refractivity contribution in [3.63, 3.8) is 0 Å². The molecule has 0 N–H and O–H groups in total. The van der Waals surface area contributed by atoms with Gasteiger partial charge in [-0.2, -0.15) is 0 Å². The van der Waals surface area contributed by atoms with Gasteiger partial charge in [0.2, 0.25) is 0 Å². The summed E-state index contributed by atoms with van der Waals surface area (Å²) in [6.45, 7) is 9.47. The Labute approximate surface area is 86.5 Å². The maximum absolute atomic E-state index is 11.1. The lowest BCUT2D eigenvalue weighted by molar-refractivity contribution is -0.110. The summed E-state index contributed by atoms with van der Waals surface area (Å²) < 4.78 is 0. The molecule has 0 atom stereocenters. The molecular formula is C13H18O. The molecule has 1 heteroatoms. The Bertz CT molecular complexity index is 295. The van der Waals surface area contributed by atoms with E-state index in [0.717, 1.165) is 18.4 Å². The van der Waals surface area contributed by atoms with Gasteiger partial charge in [-0.15, -0.1) is 5.73 Å². The van der Waals surface area contributed by atoms with Crippen LogP contribution in [0.2, 0.25) is 0 Å². The van der Waals surface area contributed by atoms with Gasteiger partial charge in [-0.25, -0.2) is 0 Å². The Kier molecular flexibility index (Phi) is 6.43. The van der Waals surface area contributed by atoms with Crippen LogP contribution in [0.25, 0.3) is 0 Å². The molecule has 0 aliphatic carbocycles. The highest BCUT2D eigenvalue weighted by atomic mass is 16.1. The highest BCUT2D eigenvalue weighted by Crippen LogP contribution is 2.06. The molecule has 0 aliphatic heterocycles. The van der Waals surface area contributed by atoms with E-state index in [1.54, 1.807) is 6.08 Å². The van der Waals surface area contributed by atoms with Gasteiger partial charge in [-0.05, 0) is 39.7 Å². The Morgan fingerprint density at radius 1 is 1.36 bits per heavy atom. The summed E-state index contributed by atoms with van der Waals surface area (Å²) in [5.74, 6) is -0.0327. The molecule has 0 amide bonds. The molecule has 14 heavy (non-hydrogen) atoms. The van der Waals surface area contributed by atoms with Crippen molar-refractivity contribution in [3.05, 3.63) is 41.7 Å². The number of ketones is 1. The van der Waals surface area contributed by atoms with Crippen LogP contribution in [0.5, 0.6) is 0 Å². The molecule has 0 aromatic heterocycles. The first kappa shape index (κ1) is 12.7. The van der Waals surface area contributed by atoms with E-state index < -0.39 is 0 Å². The zero-order valence-electron chi connectivity index (χ0n) is 9.26. The normalized spacial score (nSPS) is 10.4. The van der Waals surface area contributed by atoms with Crippen LogP contribution in [0, 0.1) is 0 Å². The molecule has 0 saturated carbocycles. The van der Waals surface area contributed by atoms with Crippen LogP contribution in [0.4, 0.5) is 0 Å². The van der Waals surface area contributed by atoms with Gasteiger partial charge in [-0.3, -0.25) is 4.79 Å². The Morgan fingerprint density at radius 2 is 2.00 bits per heavy atom. The van der Waals surface area contributed by atoms with Crippen LogP contribution in [0.3, 0.4) is 0 Å².